The highest BCUT2D eigenvalue weighted by Gasteiger charge is 2.31. The van der Waals surface area contributed by atoms with Crippen LogP contribution in [0.15, 0.2) is 21.9 Å². The maximum Gasteiger partial charge on any atom is 0.268 e. The maximum atomic E-state index is 14.8. The van der Waals surface area contributed by atoms with E-state index in [0.29, 0.717) is 18.8 Å². The van der Waals surface area contributed by atoms with Gasteiger partial charge in [0.05, 0.1) is 5.51 Å². The van der Waals surface area contributed by atoms with E-state index >= 15 is 0 Å². The van der Waals surface area contributed by atoms with Crippen molar-refractivity contribution in [3.05, 3.63) is 34.2 Å². The number of nitrogens with zero attached hydrogens (tertiary/aromatic N) is 3. The van der Waals surface area contributed by atoms with Crippen LogP contribution in [0.2, 0.25) is 0 Å². The minimum absolute atomic E-state index is 0.0314. The minimum atomic E-state index is -4.41. The van der Waals surface area contributed by atoms with Gasteiger partial charge in [-0.2, -0.15) is 0 Å². The number of aromatic nitrogens is 1. The third kappa shape index (κ3) is 3.53. The van der Waals surface area contributed by atoms with Gasteiger partial charge in [-0.05, 0) is 33.5 Å². The van der Waals surface area contributed by atoms with Gasteiger partial charge in [-0.1, -0.05) is 0 Å². The summed E-state index contributed by atoms with van der Waals surface area (Å²) in [6.07, 6.45) is 0.876. The lowest BCUT2D eigenvalue weighted by Crippen LogP contribution is -2.32. The SMILES string of the molecule is Cc1c(N2CC[C@@H](N(C)C)C2)cc(F)c(S(=O)(=O)Nc2cscn2)c1F. The van der Waals surface area contributed by atoms with E-state index in [2.05, 4.69) is 14.6 Å². The Balaban J connectivity index is 1.96. The second kappa shape index (κ2) is 7.09. The second-order valence-corrected chi connectivity index (χ2v) is 8.81. The van der Waals surface area contributed by atoms with Gasteiger partial charge in [-0.15, -0.1) is 11.3 Å². The number of rotatable bonds is 5. The molecule has 1 aromatic heterocycles. The predicted molar refractivity (Wildman–Crippen MR) is 98.3 cm³/mol. The fourth-order valence-electron chi connectivity index (χ4n) is 3.09. The van der Waals surface area contributed by atoms with E-state index < -0.39 is 26.6 Å². The van der Waals surface area contributed by atoms with Crippen LogP contribution in [0.5, 0.6) is 0 Å². The molecule has 0 spiro atoms. The standard InChI is InChI=1S/C16H20F2N4O2S2/c1-10-13(22-5-4-11(7-22)21(2)3)6-12(17)16(15(10)18)26(23,24)20-14-8-25-9-19-14/h6,8-9,11,20H,4-5,7H2,1-3H3/t11-/m1/s1. The molecule has 1 aliphatic rings. The second-order valence-electron chi connectivity index (χ2n) is 6.48. The van der Waals surface area contributed by atoms with E-state index in [4.69, 9.17) is 0 Å². The highest BCUT2D eigenvalue weighted by Crippen LogP contribution is 2.33. The normalized spacial score (nSPS) is 17.9. The molecule has 0 unspecified atom stereocenters. The summed E-state index contributed by atoms with van der Waals surface area (Å²) in [5, 5.41) is 1.44. The summed E-state index contributed by atoms with van der Waals surface area (Å²) >= 11 is 1.17. The van der Waals surface area contributed by atoms with Gasteiger partial charge < -0.3 is 9.80 Å². The van der Waals surface area contributed by atoms with Crippen LogP contribution in [-0.4, -0.2) is 51.5 Å². The quantitative estimate of drug-likeness (QED) is 0.833. The van der Waals surface area contributed by atoms with E-state index in [1.807, 2.05) is 19.0 Å². The first-order chi connectivity index (χ1) is 12.2. The van der Waals surface area contributed by atoms with Crippen molar-refractivity contribution in [3.8, 4) is 0 Å². The topological polar surface area (TPSA) is 65.5 Å². The third-order valence-corrected chi connectivity index (χ3v) is 6.54. The zero-order chi connectivity index (χ0) is 19.1. The number of hydrogen-bond donors (Lipinski definition) is 1. The van der Waals surface area contributed by atoms with Crippen LogP contribution in [0.25, 0.3) is 0 Å². The Hall–Kier alpha value is -1.78. The Kier molecular flexibility index (Phi) is 5.18. The van der Waals surface area contributed by atoms with Crippen LogP contribution >= 0.6 is 11.3 Å². The van der Waals surface area contributed by atoms with Crippen molar-refractivity contribution >= 4 is 32.9 Å². The largest absolute Gasteiger partial charge is 0.370 e. The number of benzene rings is 1. The van der Waals surface area contributed by atoms with E-state index in [0.717, 1.165) is 12.5 Å². The number of hydrogen-bond acceptors (Lipinski definition) is 6. The van der Waals surface area contributed by atoms with Gasteiger partial charge in [0, 0.05) is 35.8 Å². The first kappa shape index (κ1) is 19.0. The average molecular weight is 402 g/mol. The van der Waals surface area contributed by atoms with Gasteiger partial charge >= 0.3 is 0 Å². The van der Waals surface area contributed by atoms with Gasteiger partial charge in [-0.3, -0.25) is 4.72 Å². The highest BCUT2D eigenvalue weighted by molar-refractivity contribution is 7.92. The number of nitrogens with one attached hydrogen (secondary N) is 1. The molecule has 1 N–H and O–H groups in total. The molecule has 1 atom stereocenters. The summed E-state index contributed by atoms with van der Waals surface area (Å²) in [4.78, 5) is 6.76. The lowest BCUT2D eigenvalue weighted by atomic mass is 10.1. The maximum absolute atomic E-state index is 14.8. The molecule has 0 radical (unpaired) electrons. The number of anilines is 2. The van der Waals surface area contributed by atoms with E-state index in [-0.39, 0.29) is 17.4 Å². The Morgan fingerprint density at radius 2 is 2.12 bits per heavy atom. The molecule has 1 fully saturated rings. The van der Waals surface area contributed by atoms with Gasteiger partial charge in [-0.25, -0.2) is 22.2 Å². The van der Waals surface area contributed by atoms with Crippen molar-refractivity contribution in [2.24, 2.45) is 0 Å². The first-order valence-corrected chi connectivity index (χ1v) is 10.4. The lowest BCUT2D eigenvalue weighted by Gasteiger charge is -2.24. The molecule has 2 heterocycles. The monoisotopic (exact) mass is 402 g/mol. The van der Waals surface area contributed by atoms with Crippen LogP contribution in [0.1, 0.15) is 12.0 Å². The van der Waals surface area contributed by atoms with Crippen LogP contribution in [-0.2, 0) is 10.0 Å². The van der Waals surface area contributed by atoms with Crippen LogP contribution in [0.4, 0.5) is 20.3 Å². The van der Waals surface area contributed by atoms with Crippen LogP contribution in [0.3, 0.4) is 0 Å². The van der Waals surface area contributed by atoms with Crippen LogP contribution < -0.4 is 9.62 Å². The number of sulfonamides is 1. The van der Waals surface area contributed by atoms with E-state index in [1.54, 1.807) is 0 Å². The molecule has 2 aromatic rings. The molecule has 0 aliphatic carbocycles. The van der Waals surface area contributed by atoms with Crippen LogP contribution in [0, 0.1) is 18.6 Å². The zero-order valence-corrected chi connectivity index (χ0v) is 16.3. The summed E-state index contributed by atoms with van der Waals surface area (Å²) in [6, 6.07) is 1.39. The zero-order valence-electron chi connectivity index (χ0n) is 14.7. The predicted octanol–water partition coefficient (Wildman–Crippen LogP) is 2.67. The fourth-order valence-corrected chi connectivity index (χ4v) is 4.84. The Bertz CT molecular complexity index is 901. The van der Waals surface area contributed by atoms with Crippen molar-refractivity contribution in [2.45, 2.75) is 24.3 Å². The van der Waals surface area contributed by atoms with Gasteiger partial charge in [0.1, 0.15) is 5.82 Å². The van der Waals surface area contributed by atoms with Crippen molar-refractivity contribution < 1.29 is 17.2 Å². The summed E-state index contributed by atoms with van der Waals surface area (Å²) in [7, 11) is -0.494. The Labute approximate surface area is 155 Å². The van der Waals surface area contributed by atoms with Crippen molar-refractivity contribution in [1.82, 2.24) is 9.88 Å². The smallest absolute Gasteiger partial charge is 0.268 e. The molecule has 0 bridgehead atoms. The molecule has 6 nitrogen and oxygen atoms in total. The molecular weight excluding hydrogens is 382 g/mol. The molecule has 0 amide bonds. The number of thiazole rings is 1. The average Bonchev–Trinajstić information content (AvgIpc) is 3.21. The molecule has 142 valence electrons. The summed E-state index contributed by atoms with van der Waals surface area (Å²) in [5.41, 5.74) is 1.93. The molecule has 3 rings (SSSR count). The van der Waals surface area contributed by atoms with Crippen molar-refractivity contribution in [3.63, 3.8) is 0 Å². The number of likely N-dealkylation sites (N-methyl/N-ethyl adjacent to an activating group) is 1. The molecule has 1 saturated heterocycles. The number of halogens is 2. The molecule has 10 heteroatoms. The van der Waals surface area contributed by atoms with Gasteiger partial charge in [0.25, 0.3) is 10.0 Å². The molecule has 1 aromatic carbocycles. The lowest BCUT2D eigenvalue weighted by molar-refractivity contribution is 0.315. The summed E-state index contributed by atoms with van der Waals surface area (Å²) < 4.78 is 56.4. The van der Waals surface area contributed by atoms with E-state index in [9.17, 15) is 17.2 Å². The Morgan fingerprint density at radius 1 is 1.38 bits per heavy atom. The van der Waals surface area contributed by atoms with Gasteiger partial charge in [0.2, 0.25) is 0 Å². The minimum Gasteiger partial charge on any atom is -0.370 e. The summed E-state index contributed by atoms with van der Waals surface area (Å²) in [6.45, 7) is 2.76. The van der Waals surface area contributed by atoms with Gasteiger partial charge in [0.15, 0.2) is 16.5 Å². The van der Waals surface area contributed by atoms with E-state index in [1.165, 1.54) is 29.2 Å². The van der Waals surface area contributed by atoms with Crippen molar-refractivity contribution in [1.29, 1.82) is 0 Å². The molecule has 1 aliphatic heterocycles. The fraction of sp³-hybridized carbons (Fsp3) is 0.438. The summed E-state index contributed by atoms with van der Waals surface area (Å²) in [5.74, 6) is -2.15. The molecular formula is C16H20F2N4O2S2. The molecule has 26 heavy (non-hydrogen) atoms. The Morgan fingerprint density at radius 3 is 2.69 bits per heavy atom. The molecule has 0 saturated carbocycles. The first-order valence-electron chi connectivity index (χ1n) is 8.01. The highest BCUT2D eigenvalue weighted by atomic mass is 32.2. The third-order valence-electron chi connectivity index (χ3n) is 4.57. The van der Waals surface area contributed by atoms with Crippen molar-refractivity contribution in [2.75, 3.05) is 36.8 Å².